The number of hydrogen-bond acceptors (Lipinski definition) is 3. The summed E-state index contributed by atoms with van der Waals surface area (Å²) in [4.78, 5) is 6.50. The molecule has 0 spiro atoms. The molecule has 1 aromatic heterocycles. The largest absolute Gasteiger partial charge is 0.355 e. The van der Waals surface area contributed by atoms with Gasteiger partial charge in [0.05, 0.1) is 23.1 Å². The molecule has 0 radical (unpaired) electrons. The number of rotatable bonds is 2. The van der Waals surface area contributed by atoms with Crippen molar-refractivity contribution in [1.82, 2.24) is 10.3 Å². The standard InChI is InChI=1S/C10H13BrClN3/c1-13-9-3-2-4-15(9)7-5-8(12)10(11)14-6-7/h5-6,9,13H,2-4H2,1H3. The minimum atomic E-state index is 0.407. The third-order valence-electron chi connectivity index (χ3n) is 2.70. The maximum Gasteiger partial charge on any atom is 0.124 e. The molecule has 1 unspecified atom stereocenters. The Balaban J connectivity index is 2.25. The number of pyridine rings is 1. The van der Waals surface area contributed by atoms with Crippen LogP contribution in [0.2, 0.25) is 5.02 Å². The van der Waals surface area contributed by atoms with Crippen molar-refractivity contribution in [3.63, 3.8) is 0 Å². The van der Waals surface area contributed by atoms with E-state index in [4.69, 9.17) is 11.6 Å². The Morgan fingerprint density at radius 2 is 2.47 bits per heavy atom. The number of aromatic nitrogens is 1. The van der Waals surface area contributed by atoms with Gasteiger partial charge in [-0.3, -0.25) is 0 Å². The lowest BCUT2D eigenvalue weighted by atomic mass is 10.3. The fourth-order valence-corrected chi connectivity index (χ4v) is 2.32. The van der Waals surface area contributed by atoms with Crippen LogP contribution < -0.4 is 10.2 Å². The molecule has 1 aliphatic heterocycles. The average molecular weight is 291 g/mol. The molecule has 0 bridgehead atoms. The molecule has 2 rings (SSSR count). The molecule has 1 N–H and O–H groups in total. The molecule has 2 heterocycles. The molecule has 0 aromatic carbocycles. The predicted octanol–water partition coefficient (Wildman–Crippen LogP) is 2.64. The second kappa shape index (κ2) is 4.68. The topological polar surface area (TPSA) is 28.2 Å². The Morgan fingerprint density at radius 1 is 1.67 bits per heavy atom. The molecule has 3 nitrogen and oxygen atoms in total. The van der Waals surface area contributed by atoms with E-state index in [-0.39, 0.29) is 0 Å². The van der Waals surface area contributed by atoms with Gasteiger partial charge in [0, 0.05) is 6.54 Å². The van der Waals surface area contributed by atoms with Gasteiger partial charge in [-0.2, -0.15) is 0 Å². The van der Waals surface area contributed by atoms with E-state index in [9.17, 15) is 0 Å². The third-order valence-corrected chi connectivity index (χ3v) is 3.85. The fraction of sp³-hybridized carbons (Fsp3) is 0.500. The van der Waals surface area contributed by atoms with Gasteiger partial charge in [-0.05, 0) is 41.9 Å². The van der Waals surface area contributed by atoms with Crippen LogP contribution >= 0.6 is 27.5 Å². The first-order chi connectivity index (χ1) is 7.22. The lowest BCUT2D eigenvalue weighted by Gasteiger charge is -2.26. The SMILES string of the molecule is CNC1CCCN1c1cnc(Br)c(Cl)c1. The first-order valence-electron chi connectivity index (χ1n) is 4.97. The van der Waals surface area contributed by atoms with Crippen LogP contribution in [-0.2, 0) is 0 Å². The predicted molar refractivity (Wildman–Crippen MR) is 66.4 cm³/mol. The fourth-order valence-electron chi connectivity index (χ4n) is 1.94. The van der Waals surface area contributed by atoms with E-state index in [1.165, 1.54) is 12.8 Å². The number of nitrogens with zero attached hydrogens (tertiary/aromatic N) is 2. The molecule has 1 atom stereocenters. The molecule has 1 fully saturated rings. The molecule has 0 aliphatic carbocycles. The van der Waals surface area contributed by atoms with Crippen LogP contribution in [-0.4, -0.2) is 24.7 Å². The van der Waals surface area contributed by atoms with E-state index < -0.39 is 0 Å². The van der Waals surface area contributed by atoms with Crippen molar-refractivity contribution in [2.24, 2.45) is 0 Å². The molecule has 5 heteroatoms. The van der Waals surface area contributed by atoms with Crippen molar-refractivity contribution in [3.05, 3.63) is 21.9 Å². The molecule has 15 heavy (non-hydrogen) atoms. The van der Waals surface area contributed by atoms with E-state index in [1.54, 1.807) is 0 Å². The minimum Gasteiger partial charge on any atom is -0.355 e. The zero-order valence-electron chi connectivity index (χ0n) is 8.50. The number of halogens is 2. The molecule has 0 saturated carbocycles. The van der Waals surface area contributed by atoms with E-state index in [2.05, 4.69) is 31.1 Å². The lowest BCUT2D eigenvalue weighted by Crippen LogP contribution is -2.39. The first-order valence-corrected chi connectivity index (χ1v) is 6.14. The summed E-state index contributed by atoms with van der Waals surface area (Å²) in [6, 6.07) is 1.95. The van der Waals surface area contributed by atoms with Crippen molar-refractivity contribution < 1.29 is 0 Å². The zero-order valence-corrected chi connectivity index (χ0v) is 10.8. The lowest BCUT2D eigenvalue weighted by molar-refractivity contribution is 0.582. The van der Waals surface area contributed by atoms with Crippen LogP contribution in [0.25, 0.3) is 0 Å². The summed E-state index contributed by atoms with van der Waals surface area (Å²) in [5, 5.41) is 3.95. The highest BCUT2D eigenvalue weighted by molar-refractivity contribution is 9.10. The molecule has 1 aromatic rings. The van der Waals surface area contributed by atoms with Gasteiger partial charge in [0.25, 0.3) is 0 Å². The van der Waals surface area contributed by atoms with Crippen LogP contribution in [0.4, 0.5) is 5.69 Å². The van der Waals surface area contributed by atoms with E-state index in [0.29, 0.717) is 15.8 Å². The van der Waals surface area contributed by atoms with Gasteiger partial charge in [0.1, 0.15) is 4.60 Å². The quantitative estimate of drug-likeness (QED) is 0.849. The molecular formula is C10H13BrClN3. The van der Waals surface area contributed by atoms with Gasteiger partial charge in [-0.1, -0.05) is 11.6 Å². The summed E-state index contributed by atoms with van der Waals surface area (Å²) >= 11 is 9.32. The van der Waals surface area contributed by atoms with Crippen molar-refractivity contribution in [2.75, 3.05) is 18.5 Å². The Bertz CT molecular complexity index is 359. The maximum absolute atomic E-state index is 6.03. The molecule has 82 valence electrons. The summed E-state index contributed by atoms with van der Waals surface area (Å²) < 4.78 is 0.702. The summed E-state index contributed by atoms with van der Waals surface area (Å²) in [7, 11) is 1.98. The summed E-state index contributed by atoms with van der Waals surface area (Å²) in [6.07, 6.45) is 4.64. The van der Waals surface area contributed by atoms with Crippen LogP contribution in [0.3, 0.4) is 0 Å². The molecule has 1 aliphatic rings. The normalized spacial score (nSPS) is 21.0. The van der Waals surface area contributed by atoms with E-state index >= 15 is 0 Å². The summed E-state index contributed by atoms with van der Waals surface area (Å²) in [5.41, 5.74) is 1.08. The molecule has 0 amide bonds. The van der Waals surface area contributed by atoms with Crippen LogP contribution in [0.15, 0.2) is 16.9 Å². The van der Waals surface area contributed by atoms with Gasteiger partial charge in [-0.15, -0.1) is 0 Å². The van der Waals surface area contributed by atoms with Crippen LogP contribution in [0, 0.1) is 0 Å². The molecular weight excluding hydrogens is 277 g/mol. The Morgan fingerprint density at radius 3 is 3.13 bits per heavy atom. The third kappa shape index (κ3) is 2.27. The van der Waals surface area contributed by atoms with Crippen molar-refractivity contribution in [2.45, 2.75) is 19.0 Å². The van der Waals surface area contributed by atoms with Crippen LogP contribution in [0.5, 0.6) is 0 Å². The average Bonchev–Trinajstić information content (AvgIpc) is 2.70. The highest BCUT2D eigenvalue weighted by atomic mass is 79.9. The second-order valence-corrected chi connectivity index (χ2v) is 4.76. The Hall–Kier alpha value is -0.320. The highest BCUT2D eigenvalue weighted by Gasteiger charge is 2.23. The Labute approximate surface area is 103 Å². The first kappa shape index (κ1) is 11.2. The van der Waals surface area contributed by atoms with Crippen molar-refractivity contribution >= 4 is 33.2 Å². The van der Waals surface area contributed by atoms with Gasteiger partial charge in [0.15, 0.2) is 0 Å². The summed E-state index contributed by atoms with van der Waals surface area (Å²) in [6.45, 7) is 1.06. The number of hydrogen-bond donors (Lipinski definition) is 1. The van der Waals surface area contributed by atoms with Gasteiger partial charge < -0.3 is 10.2 Å². The Kier molecular flexibility index (Phi) is 3.49. The number of nitrogens with one attached hydrogen (secondary N) is 1. The van der Waals surface area contributed by atoms with Gasteiger partial charge in [0.2, 0.25) is 0 Å². The zero-order chi connectivity index (χ0) is 10.8. The van der Waals surface area contributed by atoms with Crippen molar-refractivity contribution in [3.8, 4) is 0 Å². The second-order valence-electron chi connectivity index (χ2n) is 3.61. The van der Waals surface area contributed by atoms with E-state index in [1.807, 2.05) is 19.3 Å². The maximum atomic E-state index is 6.03. The van der Waals surface area contributed by atoms with Gasteiger partial charge >= 0.3 is 0 Å². The van der Waals surface area contributed by atoms with E-state index in [0.717, 1.165) is 12.2 Å². The minimum absolute atomic E-state index is 0.407. The van der Waals surface area contributed by atoms with Gasteiger partial charge in [-0.25, -0.2) is 4.98 Å². The highest BCUT2D eigenvalue weighted by Crippen LogP contribution is 2.28. The van der Waals surface area contributed by atoms with Crippen LogP contribution in [0.1, 0.15) is 12.8 Å². The molecule has 1 saturated heterocycles. The number of anilines is 1. The monoisotopic (exact) mass is 289 g/mol. The summed E-state index contributed by atoms with van der Waals surface area (Å²) in [5.74, 6) is 0. The van der Waals surface area contributed by atoms with Crippen molar-refractivity contribution in [1.29, 1.82) is 0 Å². The smallest absolute Gasteiger partial charge is 0.124 e.